The van der Waals surface area contributed by atoms with Gasteiger partial charge < -0.3 is 19.7 Å². The number of aliphatic carboxylic acids is 1. The van der Waals surface area contributed by atoms with E-state index >= 15 is 0 Å². The largest absolute Gasteiger partial charge is 0.481 e. The fourth-order valence-corrected chi connectivity index (χ4v) is 2.19. The monoisotopic (exact) mass is 297 g/mol. The third kappa shape index (κ3) is 2.59. The Morgan fingerprint density at radius 3 is 2.81 bits per heavy atom. The number of nitrogens with zero attached hydrogens (tertiary/aromatic N) is 2. The molecule has 1 amide bonds. The lowest BCUT2D eigenvalue weighted by Gasteiger charge is -2.25. The standard InChI is InChI=1S/C12H15N3O6/c1-12(11(17)18)6-21-5-9(12)13-10(16)8-3-7(15(19)20)4-14(8)2/h3-4,9H,5-6H2,1-2H3,(H,13,16)(H,17,18). The van der Waals surface area contributed by atoms with Gasteiger partial charge in [-0.05, 0) is 6.92 Å². The van der Waals surface area contributed by atoms with E-state index in [1.165, 1.54) is 24.7 Å². The minimum Gasteiger partial charge on any atom is -0.481 e. The van der Waals surface area contributed by atoms with Crippen LogP contribution in [-0.2, 0) is 16.6 Å². The summed E-state index contributed by atoms with van der Waals surface area (Å²) in [5, 5.41) is 22.5. The van der Waals surface area contributed by atoms with Crippen LogP contribution in [0.1, 0.15) is 17.4 Å². The summed E-state index contributed by atoms with van der Waals surface area (Å²) in [6, 6.07) is 0.444. The van der Waals surface area contributed by atoms with Crippen LogP contribution >= 0.6 is 0 Å². The molecule has 1 aliphatic heterocycles. The number of nitrogens with one attached hydrogen (secondary N) is 1. The van der Waals surface area contributed by atoms with E-state index in [0.717, 1.165) is 6.07 Å². The predicted octanol–water partition coefficient (Wildman–Crippen LogP) is 0.153. The Kier molecular flexibility index (Phi) is 3.69. The van der Waals surface area contributed by atoms with Gasteiger partial charge in [-0.15, -0.1) is 0 Å². The lowest BCUT2D eigenvalue weighted by atomic mass is 9.85. The molecule has 1 saturated heterocycles. The van der Waals surface area contributed by atoms with E-state index in [1.807, 2.05) is 0 Å². The van der Waals surface area contributed by atoms with Crippen LogP contribution in [0.15, 0.2) is 12.3 Å². The van der Waals surface area contributed by atoms with Crippen molar-refractivity contribution >= 4 is 17.6 Å². The van der Waals surface area contributed by atoms with Crippen LogP contribution < -0.4 is 5.32 Å². The number of amides is 1. The van der Waals surface area contributed by atoms with Gasteiger partial charge in [0.25, 0.3) is 11.6 Å². The van der Waals surface area contributed by atoms with Crippen molar-refractivity contribution in [2.45, 2.75) is 13.0 Å². The first-order valence-corrected chi connectivity index (χ1v) is 6.18. The first-order valence-electron chi connectivity index (χ1n) is 6.18. The number of carboxylic acid groups (broad SMARTS) is 1. The molecular weight excluding hydrogens is 282 g/mol. The highest BCUT2D eigenvalue weighted by Gasteiger charge is 2.47. The molecule has 2 unspecified atom stereocenters. The zero-order chi connectivity index (χ0) is 15.8. The Morgan fingerprint density at radius 1 is 1.62 bits per heavy atom. The number of hydrogen-bond donors (Lipinski definition) is 2. The van der Waals surface area contributed by atoms with Crippen LogP contribution in [0.3, 0.4) is 0 Å². The number of ether oxygens (including phenoxy) is 1. The molecule has 114 valence electrons. The quantitative estimate of drug-likeness (QED) is 0.602. The summed E-state index contributed by atoms with van der Waals surface area (Å²) in [4.78, 5) is 33.5. The fourth-order valence-electron chi connectivity index (χ4n) is 2.19. The Bertz CT molecular complexity index is 610. The Hall–Kier alpha value is -2.42. The van der Waals surface area contributed by atoms with E-state index in [9.17, 15) is 24.8 Å². The van der Waals surface area contributed by atoms with Crippen molar-refractivity contribution < 1.29 is 24.4 Å². The second-order valence-electron chi connectivity index (χ2n) is 5.22. The first kappa shape index (κ1) is 15.0. The van der Waals surface area contributed by atoms with E-state index < -0.39 is 28.3 Å². The van der Waals surface area contributed by atoms with Crippen LogP contribution in [0.2, 0.25) is 0 Å². The number of aryl methyl sites for hydroxylation is 1. The molecule has 1 aromatic heterocycles. The highest BCUT2D eigenvalue weighted by atomic mass is 16.6. The summed E-state index contributed by atoms with van der Waals surface area (Å²) in [5.74, 6) is -1.64. The number of hydrogen-bond acceptors (Lipinski definition) is 5. The third-order valence-corrected chi connectivity index (χ3v) is 3.68. The molecule has 1 fully saturated rings. The maximum absolute atomic E-state index is 12.2. The van der Waals surface area contributed by atoms with Gasteiger partial charge in [0, 0.05) is 13.1 Å². The molecule has 9 heteroatoms. The lowest BCUT2D eigenvalue weighted by Crippen LogP contribution is -2.49. The molecule has 2 heterocycles. The second-order valence-corrected chi connectivity index (χ2v) is 5.22. The third-order valence-electron chi connectivity index (χ3n) is 3.68. The SMILES string of the molecule is Cn1cc([N+](=O)[O-])cc1C(=O)NC1COCC1(C)C(=O)O. The average Bonchev–Trinajstić information content (AvgIpc) is 2.95. The van der Waals surface area contributed by atoms with Crippen LogP contribution in [0, 0.1) is 15.5 Å². The van der Waals surface area contributed by atoms with Gasteiger partial charge >= 0.3 is 5.97 Å². The number of nitro groups is 1. The van der Waals surface area contributed by atoms with E-state index in [2.05, 4.69) is 5.32 Å². The van der Waals surface area contributed by atoms with Crippen molar-refractivity contribution in [3.63, 3.8) is 0 Å². The zero-order valence-corrected chi connectivity index (χ0v) is 11.5. The smallest absolute Gasteiger partial charge is 0.313 e. The van der Waals surface area contributed by atoms with Crippen molar-refractivity contribution in [2.24, 2.45) is 12.5 Å². The maximum atomic E-state index is 12.2. The molecular formula is C12H15N3O6. The van der Waals surface area contributed by atoms with Gasteiger partial charge in [0.2, 0.25) is 0 Å². The van der Waals surface area contributed by atoms with Gasteiger partial charge in [-0.1, -0.05) is 0 Å². The van der Waals surface area contributed by atoms with Crippen LogP contribution in [-0.4, -0.2) is 45.7 Å². The first-order chi connectivity index (χ1) is 9.75. The Balaban J connectivity index is 2.18. The summed E-state index contributed by atoms with van der Waals surface area (Å²) in [7, 11) is 1.50. The number of carbonyl (C=O) groups excluding carboxylic acids is 1. The molecule has 0 aromatic carbocycles. The molecule has 0 spiro atoms. The summed E-state index contributed by atoms with van der Waals surface area (Å²) in [5.41, 5.74) is -1.33. The van der Waals surface area contributed by atoms with Gasteiger partial charge in [-0.2, -0.15) is 0 Å². The molecule has 2 N–H and O–H groups in total. The van der Waals surface area contributed by atoms with Gasteiger partial charge in [-0.25, -0.2) is 0 Å². The zero-order valence-electron chi connectivity index (χ0n) is 11.5. The van der Waals surface area contributed by atoms with Crippen LogP contribution in [0.4, 0.5) is 5.69 Å². The topological polar surface area (TPSA) is 124 Å². The van der Waals surface area contributed by atoms with E-state index in [1.54, 1.807) is 0 Å². The van der Waals surface area contributed by atoms with Crippen LogP contribution in [0.5, 0.6) is 0 Å². The Labute approximate surface area is 119 Å². The Morgan fingerprint density at radius 2 is 2.29 bits per heavy atom. The van der Waals surface area contributed by atoms with Gasteiger partial charge in [0.1, 0.15) is 11.1 Å². The van der Waals surface area contributed by atoms with Gasteiger partial charge in [0.05, 0.1) is 30.4 Å². The molecule has 21 heavy (non-hydrogen) atoms. The fraction of sp³-hybridized carbons (Fsp3) is 0.500. The molecule has 0 aliphatic carbocycles. The molecule has 9 nitrogen and oxygen atoms in total. The van der Waals surface area contributed by atoms with Crippen molar-refractivity contribution in [3.05, 3.63) is 28.1 Å². The molecule has 2 atom stereocenters. The summed E-state index contributed by atoms with van der Waals surface area (Å²) in [6.45, 7) is 1.57. The molecule has 0 radical (unpaired) electrons. The molecule has 1 aliphatic rings. The average molecular weight is 297 g/mol. The van der Waals surface area contributed by atoms with Crippen LogP contribution in [0.25, 0.3) is 0 Å². The van der Waals surface area contributed by atoms with Crippen molar-refractivity contribution in [2.75, 3.05) is 13.2 Å². The lowest BCUT2D eigenvalue weighted by molar-refractivity contribution is -0.384. The molecule has 0 bridgehead atoms. The minimum absolute atomic E-state index is 0.000560. The molecule has 0 saturated carbocycles. The molecule has 1 aromatic rings. The summed E-state index contributed by atoms with van der Waals surface area (Å²) in [6.07, 6.45) is 1.22. The second kappa shape index (κ2) is 5.17. The van der Waals surface area contributed by atoms with Crippen molar-refractivity contribution in [3.8, 4) is 0 Å². The van der Waals surface area contributed by atoms with Crippen molar-refractivity contribution in [1.29, 1.82) is 0 Å². The number of carbonyl (C=O) groups is 2. The molecule has 2 rings (SSSR count). The van der Waals surface area contributed by atoms with E-state index in [4.69, 9.17) is 4.74 Å². The van der Waals surface area contributed by atoms with E-state index in [0.29, 0.717) is 0 Å². The van der Waals surface area contributed by atoms with Gasteiger partial charge in [0.15, 0.2) is 0 Å². The van der Waals surface area contributed by atoms with E-state index in [-0.39, 0.29) is 24.6 Å². The number of carboxylic acids is 1. The number of rotatable bonds is 4. The summed E-state index contributed by atoms with van der Waals surface area (Å²) >= 11 is 0. The van der Waals surface area contributed by atoms with Crippen molar-refractivity contribution in [1.82, 2.24) is 9.88 Å². The highest BCUT2D eigenvalue weighted by molar-refractivity contribution is 5.94. The normalized spacial score (nSPS) is 24.8. The predicted molar refractivity (Wildman–Crippen MR) is 69.9 cm³/mol. The highest BCUT2D eigenvalue weighted by Crippen LogP contribution is 2.29. The maximum Gasteiger partial charge on any atom is 0.313 e. The minimum atomic E-state index is -1.22. The summed E-state index contributed by atoms with van der Waals surface area (Å²) < 4.78 is 6.45. The number of aromatic nitrogens is 1. The van der Waals surface area contributed by atoms with Gasteiger partial charge in [-0.3, -0.25) is 19.7 Å².